The van der Waals surface area contributed by atoms with Crippen molar-refractivity contribution in [1.29, 1.82) is 0 Å². The second-order valence-corrected chi connectivity index (χ2v) is 6.76. The van der Waals surface area contributed by atoms with Gasteiger partial charge in [0.15, 0.2) is 0 Å². The van der Waals surface area contributed by atoms with Crippen LogP contribution in [0.25, 0.3) is 0 Å². The second kappa shape index (κ2) is 8.50. The van der Waals surface area contributed by atoms with Gasteiger partial charge >= 0.3 is 6.18 Å². The normalized spacial score (nSPS) is 29.5. The highest BCUT2D eigenvalue weighted by Crippen LogP contribution is 2.26. The lowest BCUT2D eigenvalue weighted by Crippen LogP contribution is -2.38. The molecule has 3 nitrogen and oxygen atoms in total. The van der Waals surface area contributed by atoms with Crippen molar-refractivity contribution < 1.29 is 17.9 Å². The maximum absolute atomic E-state index is 12.4. The van der Waals surface area contributed by atoms with E-state index in [1.165, 1.54) is 24.2 Å². The quantitative estimate of drug-likeness (QED) is 0.773. The van der Waals surface area contributed by atoms with E-state index >= 15 is 0 Å². The van der Waals surface area contributed by atoms with Crippen LogP contribution in [0.2, 0.25) is 0 Å². The van der Waals surface area contributed by atoms with E-state index in [9.17, 15) is 13.2 Å². The highest BCUT2D eigenvalue weighted by molar-refractivity contribution is 4.74. The number of ether oxygens (including phenoxy) is 1. The van der Waals surface area contributed by atoms with Crippen molar-refractivity contribution in [3.05, 3.63) is 0 Å². The summed E-state index contributed by atoms with van der Waals surface area (Å²) >= 11 is 0. The van der Waals surface area contributed by atoms with Gasteiger partial charge in [-0.1, -0.05) is 19.8 Å². The first-order chi connectivity index (χ1) is 10.4. The molecule has 0 unspecified atom stereocenters. The Labute approximate surface area is 131 Å². The molecule has 1 aliphatic heterocycles. The number of halogens is 3. The third kappa shape index (κ3) is 6.42. The molecule has 0 bridgehead atoms. The summed E-state index contributed by atoms with van der Waals surface area (Å²) in [5.74, 6) is 0.639. The van der Waals surface area contributed by atoms with Gasteiger partial charge in [0.2, 0.25) is 0 Å². The summed E-state index contributed by atoms with van der Waals surface area (Å²) in [6.45, 7) is 5.63. The molecule has 0 spiro atoms. The minimum atomic E-state index is -4.09. The average Bonchev–Trinajstić information content (AvgIpc) is 2.65. The summed E-state index contributed by atoms with van der Waals surface area (Å²) in [4.78, 5) is 3.76. The van der Waals surface area contributed by atoms with Gasteiger partial charge in [0.05, 0.1) is 19.3 Å². The largest absolute Gasteiger partial charge is 0.401 e. The lowest BCUT2D eigenvalue weighted by molar-refractivity contribution is -0.145. The van der Waals surface area contributed by atoms with Crippen molar-refractivity contribution >= 4 is 0 Å². The van der Waals surface area contributed by atoms with E-state index in [4.69, 9.17) is 4.74 Å². The summed E-state index contributed by atoms with van der Waals surface area (Å²) in [6, 6.07) is 0. The fourth-order valence-electron chi connectivity index (χ4n) is 3.52. The van der Waals surface area contributed by atoms with Crippen LogP contribution >= 0.6 is 0 Å². The number of alkyl halides is 3. The summed E-state index contributed by atoms with van der Waals surface area (Å²) in [6.07, 6.45) is 2.06. The molecule has 1 heterocycles. The van der Waals surface area contributed by atoms with Crippen LogP contribution in [-0.4, -0.2) is 68.0 Å². The summed E-state index contributed by atoms with van der Waals surface area (Å²) in [5.41, 5.74) is 0. The SMILES string of the molecule is C[C@H]1CCCC[C@H]1OCCN1CCCN(CC(F)(F)F)CC1. The molecule has 2 aliphatic rings. The van der Waals surface area contributed by atoms with Crippen molar-refractivity contribution in [1.82, 2.24) is 9.80 Å². The molecular formula is C16H29F3N2O. The third-order valence-corrected chi connectivity index (χ3v) is 4.86. The molecule has 0 aromatic heterocycles. The molecule has 1 saturated carbocycles. The Morgan fingerprint density at radius 1 is 0.955 bits per heavy atom. The molecule has 130 valence electrons. The molecule has 6 heteroatoms. The standard InChI is InChI=1S/C16H29F3N2O/c1-14-5-2-3-6-15(14)22-12-11-20-7-4-8-21(10-9-20)13-16(17,18)19/h14-15H,2-13H2,1H3/t14-,15+/m0/s1. The van der Waals surface area contributed by atoms with Crippen molar-refractivity contribution in [3.63, 3.8) is 0 Å². The summed E-state index contributed by atoms with van der Waals surface area (Å²) < 4.78 is 43.3. The molecule has 1 aliphatic carbocycles. The van der Waals surface area contributed by atoms with E-state index in [1.54, 1.807) is 0 Å². The second-order valence-electron chi connectivity index (χ2n) is 6.76. The molecule has 0 N–H and O–H groups in total. The Kier molecular flexibility index (Phi) is 6.96. The van der Waals surface area contributed by atoms with Crippen molar-refractivity contribution in [3.8, 4) is 0 Å². The van der Waals surface area contributed by atoms with Crippen LogP contribution in [0.4, 0.5) is 13.2 Å². The van der Waals surface area contributed by atoms with E-state index < -0.39 is 12.7 Å². The molecule has 2 fully saturated rings. The van der Waals surface area contributed by atoms with E-state index in [1.807, 2.05) is 0 Å². The summed E-state index contributed by atoms with van der Waals surface area (Å²) in [5, 5.41) is 0. The molecule has 22 heavy (non-hydrogen) atoms. The monoisotopic (exact) mass is 322 g/mol. The van der Waals surface area contributed by atoms with Crippen molar-refractivity contribution in [2.75, 3.05) is 45.9 Å². The van der Waals surface area contributed by atoms with Gasteiger partial charge in [-0.05, 0) is 38.3 Å². The van der Waals surface area contributed by atoms with Gasteiger partial charge < -0.3 is 4.74 Å². The fraction of sp³-hybridized carbons (Fsp3) is 1.00. The zero-order valence-electron chi connectivity index (χ0n) is 13.6. The highest BCUT2D eigenvalue weighted by atomic mass is 19.4. The zero-order valence-corrected chi connectivity index (χ0v) is 13.6. The molecule has 0 radical (unpaired) electrons. The Hall–Kier alpha value is -0.330. The summed E-state index contributed by atoms with van der Waals surface area (Å²) in [7, 11) is 0. The number of hydrogen-bond donors (Lipinski definition) is 0. The first-order valence-corrected chi connectivity index (χ1v) is 8.57. The highest BCUT2D eigenvalue weighted by Gasteiger charge is 2.31. The third-order valence-electron chi connectivity index (χ3n) is 4.86. The first-order valence-electron chi connectivity index (χ1n) is 8.57. The minimum absolute atomic E-state index is 0.377. The molecule has 1 saturated heterocycles. The average molecular weight is 322 g/mol. The molecule has 2 rings (SSSR count). The lowest BCUT2D eigenvalue weighted by atomic mass is 9.88. The van der Waals surface area contributed by atoms with Crippen molar-refractivity contribution in [2.24, 2.45) is 5.92 Å². The Morgan fingerprint density at radius 3 is 2.36 bits per heavy atom. The van der Waals surface area contributed by atoms with Crippen LogP contribution in [0.15, 0.2) is 0 Å². The van der Waals surface area contributed by atoms with Crippen LogP contribution in [0.3, 0.4) is 0 Å². The zero-order chi connectivity index (χ0) is 16.0. The molecule has 0 aromatic carbocycles. The predicted molar refractivity (Wildman–Crippen MR) is 80.9 cm³/mol. The minimum Gasteiger partial charge on any atom is -0.377 e. The molecular weight excluding hydrogens is 293 g/mol. The van der Waals surface area contributed by atoms with E-state index in [2.05, 4.69) is 11.8 Å². The van der Waals surface area contributed by atoms with Crippen LogP contribution in [0.1, 0.15) is 39.0 Å². The maximum atomic E-state index is 12.4. The Bertz CT molecular complexity index is 325. The fourth-order valence-corrected chi connectivity index (χ4v) is 3.52. The number of rotatable bonds is 5. The van der Waals surface area contributed by atoms with Gasteiger partial charge in [-0.3, -0.25) is 9.80 Å². The van der Waals surface area contributed by atoms with Gasteiger partial charge in [-0.2, -0.15) is 13.2 Å². The first kappa shape index (κ1) is 18.0. The van der Waals surface area contributed by atoms with Crippen LogP contribution < -0.4 is 0 Å². The van der Waals surface area contributed by atoms with Gasteiger partial charge in [0.1, 0.15) is 0 Å². The molecule has 0 amide bonds. The number of nitrogens with zero attached hydrogens (tertiary/aromatic N) is 2. The van der Waals surface area contributed by atoms with Gasteiger partial charge in [-0.15, -0.1) is 0 Å². The molecule has 0 aromatic rings. The van der Waals surface area contributed by atoms with E-state index in [0.717, 1.165) is 25.9 Å². The maximum Gasteiger partial charge on any atom is 0.401 e. The smallest absolute Gasteiger partial charge is 0.377 e. The Balaban J connectivity index is 1.64. The van der Waals surface area contributed by atoms with E-state index in [-0.39, 0.29) is 0 Å². The van der Waals surface area contributed by atoms with Crippen molar-refractivity contribution in [2.45, 2.75) is 51.3 Å². The predicted octanol–water partition coefficient (Wildman–Crippen LogP) is 3.15. The van der Waals surface area contributed by atoms with E-state index in [0.29, 0.717) is 38.3 Å². The number of hydrogen-bond acceptors (Lipinski definition) is 3. The Morgan fingerprint density at radius 2 is 1.64 bits per heavy atom. The van der Waals surface area contributed by atoms with Gasteiger partial charge in [-0.25, -0.2) is 0 Å². The topological polar surface area (TPSA) is 15.7 Å². The van der Waals surface area contributed by atoms with Crippen LogP contribution in [0.5, 0.6) is 0 Å². The lowest BCUT2D eigenvalue weighted by Gasteiger charge is -2.30. The van der Waals surface area contributed by atoms with Crippen LogP contribution in [0, 0.1) is 5.92 Å². The van der Waals surface area contributed by atoms with Gasteiger partial charge in [0, 0.05) is 19.6 Å². The molecule has 2 atom stereocenters. The van der Waals surface area contributed by atoms with Gasteiger partial charge in [0.25, 0.3) is 0 Å². The van der Waals surface area contributed by atoms with Crippen LogP contribution in [-0.2, 0) is 4.74 Å².